The van der Waals surface area contributed by atoms with Gasteiger partial charge in [0.2, 0.25) is 0 Å². The summed E-state index contributed by atoms with van der Waals surface area (Å²) in [4.78, 5) is 4.33. The predicted molar refractivity (Wildman–Crippen MR) is 68.1 cm³/mol. The number of hydrogen-bond donors (Lipinski definition) is 1. The van der Waals surface area contributed by atoms with Crippen LogP contribution in [0.1, 0.15) is 19.4 Å². The van der Waals surface area contributed by atoms with Crippen molar-refractivity contribution in [3.8, 4) is 5.75 Å². The monoisotopic (exact) mass is 236 g/mol. The fraction of sp³-hybridized carbons (Fsp3) is 0.417. The minimum Gasteiger partial charge on any atom is -0.494 e. The molecule has 86 valence electrons. The molecule has 0 spiro atoms. The van der Waals surface area contributed by atoms with Crippen LogP contribution in [0.5, 0.6) is 5.75 Å². The number of nitrogens with two attached hydrogens (primary N) is 1. The highest BCUT2D eigenvalue weighted by Crippen LogP contribution is 2.32. The number of benzene rings is 1. The second kappa shape index (κ2) is 4.03. The van der Waals surface area contributed by atoms with Gasteiger partial charge < -0.3 is 10.5 Å². The number of ether oxygens (including phenoxy) is 1. The van der Waals surface area contributed by atoms with E-state index >= 15 is 0 Å². The van der Waals surface area contributed by atoms with Gasteiger partial charge in [-0.1, -0.05) is 6.07 Å². The first-order chi connectivity index (χ1) is 7.51. The molecule has 0 saturated heterocycles. The number of methoxy groups -OCH3 is 1. The molecule has 4 heteroatoms. The fourth-order valence-corrected chi connectivity index (χ4v) is 2.48. The quantitative estimate of drug-likeness (QED) is 0.891. The summed E-state index contributed by atoms with van der Waals surface area (Å²) in [7, 11) is 1.68. The summed E-state index contributed by atoms with van der Waals surface area (Å²) < 4.78 is 6.60. The van der Waals surface area contributed by atoms with E-state index in [-0.39, 0.29) is 5.54 Å². The molecule has 0 amide bonds. The van der Waals surface area contributed by atoms with E-state index in [2.05, 4.69) is 17.1 Å². The van der Waals surface area contributed by atoms with Crippen LogP contribution in [0.2, 0.25) is 0 Å². The molecule has 16 heavy (non-hydrogen) atoms. The Bertz CT molecular complexity index is 499. The summed E-state index contributed by atoms with van der Waals surface area (Å²) in [5.74, 6) is 0.859. The summed E-state index contributed by atoms with van der Waals surface area (Å²) in [6.45, 7) is 4.02. The molecule has 0 bridgehead atoms. The van der Waals surface area contributed by atoms with Gasteiger partial charge in [-0.25, -0.2) is 4.98 Å². The summed E-state index contributed by atoms with van der Waals surface area (Å²) in [5, 5.41) is 0. The maximum absolute atomic E-state index is 6.04. The minimum atomic E-state index is -0.239. The molecule has 0 saturated carbocycles. The molecule has 1 heterocycles. The van der Waals surface area contributed by atoms with Crippen LogP contribution in [0.25, 0.3) is 10.2 Å². The zero-order valence-electron chi connectivity index (χ0n) is 9.78. The van der Waals surface area contributed by atoms with E-state index in [4.69, 9.17) is 10.5 Å². The molecule has 0 aliphatic carbocycles. The number of fused-ring (bicyclic) bond motifs is 1. The minimum absolute atomic E-state index is 0.239. The van der Waals surface area contributed by atoms with Gasteiger partial charge in [0, 0.05) is 5.54 Å². The zero-order valence-corrected chi connectivity index (χ0v) is 10.6. The van der Waals surface area contributed by atoms with E-state index in [1.54, 1.807) is 18.4 Å². The fourth-order valence-electron chi connectivity index (χ4n) is 1.81. The maximum atomic E-state index is 6.04. The van der Waals surface area contributed by atoms with Gasteiger partial charge >= 0.3 is 0 Å². The SMILES string of the molecule is COc1c(CC(C)(C)N)ccc2scnc12. The van der Waals surface area contributed by atoms with Gasteiger partial charge in [0.1, 0.15) is 11.3 Å². The Morgan fingerprint density at radius 1 is 1.44 bits per heavy atom. The van der Waals surface area contributed by atoms with Crippen molar-refractivity contribution < 1.29 is 4.74 Å². The van der Waals surface area contributed by atoms with Crippen molar-refractivity contribution in [3.63, 3.8) is 0 Å². The largest absolute Gasteiger partial charge is 0.494 e. The molecule has 2 N–H and O–H groups in total. The van der Waals surface area contributed by atoms with Crippen LogP contribution in [0, 0.1) is 0 Å². The first-order valence-corrected chi connectivity index (χ1v) is 6.07. The van der Waals surface area contributed by atoms with E-state index < -0.39 is 0 Å². The van der Waals surface area contributed by atoms with Crippen LogP contribution in [-0.2, 0) is 6.42 Å². The van der Waals surface area contributed by atoms with E-state index in [0.29, 0.717) is 0 Å². The molecule has 1 aromatic heterocycles. The van der Waals surface area contributed by atoms with E-state index in [1.165, 1.54) is 0 Å². The van der Waals surface area contributed by atoms with E-state index in [1.807, 2.05) is 19.4 Å². The summed E-state index contributed by atoms with van der Waals surface area (Å²) in [5.41, 5.74) is 9.69. The number of aromatic nitrogens is 1. The Kier molecular flexibility index (Phi) is 2.86. The van der Waals surface area contributed by atoms with Crippen molar-refractivity contribution in [1.29, 1.82) is 0 Å². The second-order valence-electron chi connectivity index (χ2n) is 4.62. The van der Waals surface area contributed by atoms with Gasteiger partial charge in [-0.2, -0.15) is 0 Å². The smallest absolute Gasteiger partial charge is 0.149 e. The van der Waals surface area contributed by atoms with Crippen LogP contribution < -0.4 is 10.5 Å². The second-order valence-corrected chi connectivity index (χ2v) is 5.51. The highest BCUT2D eigenvalue weighted by atomic mass is 32.1. The average Bonchev–Trinajstić information content (AvgIpc) is 2.62. The number of thiazole rings is 1. The summed E-state index contributed by atoms with van der Waals surface area (Å²) in [6, 6.07) is 4.16. The van der Waals surface area contributed by atoms with E-state index in [9.17, 15) is 0 Å². The van der Waals surface area contributed by atoms with Crippen LogP contribution >= 0.6 is 11.3 Å². The third-order valence-electron chi connectivity index (χ3n) is 2.39. The van der Waals surface area contributed by atoms with Crippen LogP contribution in [0.4, 0.5) is 0 Å². The average molecular weight is 236 g/mol. The molecular formula is C12H16N2OS. The lowest BCUT2D eigenvalue weighted by Crippen LogP contribution is -2.34. The number of rotatable bonds is 3. The van der Waals surface area contributed by atoms with Gasteiger partial charge in [-0.05, 0) is 31.9 Å². The van der Waals surface area contributed by atoms with Gasteiger partial charge in [0.25, 0.3) is 0 Å². The molecular weight excluding hydrogens is 220 g/mol. The maximum Gasteiger partial charge on any atom is 0.149 e. The zero-order chi connectivity index (χ0) is 11.8. The molecule has 2 aromatic rings. The van der Waals surface area contributed by atoms with Crippen molar-refractivity contribution in [1.82, 2.24) is 4.98 Å². The van der Waals surface area contributed by atoms with Crippen molar-refractivity contribution in [2.45, 2.75) is 25.8 Å². The van der Waals surface area contributed by atoms with Gasteiger partial charge in [0.05, 0.1) is 17.3 Å². The molecule has 0 unspecified atom stereocenters. The molecule has 1 aromatic carbocycles. The molecule has 0 aliphatic heterocycles. The first kappa shape index (κ1) is 11.4. The lowest BCUT2D eigenvalue weighted by molar-refractivity contribution is 0.406. The Hall–Kier alpha value is -1.13. The molecule has 2 rings (SSSR count). The highest BCUT2D eigenvalue weighted by molar-refractivity contribution is 7.16. The molecule has 3 nitrogen and oxygen atoms in total. The molecule has 0 radical (unpaired) electrons. The molecule has 0 fully saturated rings. The lowest BCUT2D eigenvalue weighted by Gasteiger charge is -2.20. The third kappa shape index (κ3) is 2.18. The Balaban J connectivity index is 2.52. The topological polar surface area (TPSA) is 48.1 Å². The van der Waals surface area contributed by atoms with Crippen molar-refractivity contribution in [2.24, 2.45) is 5.73 Å². The predicted octanol–water partition coefficient (Wildman–Crippen LogP) is 2.58. The standard InChI is InChI=1S/C12H16N2OS/c1-12(2,13)6-8-4-5-9-10(11(8)15-3)14-7-16-9/h4-5,7H,6,13H2,1-3H3. The lowest BCUT2D eigenvalue weighted by atomic mass is 9.95. The Morgan fingerprint density at radius 2 is 2.19 bits per heavy atom. The van der Waals surface area contributed by atoms with Gasteiger partial charge in [0.15, 0.2) is 0 Å². The van der Waals surface area contributed by atoms with Crippen molar-refractivity contribution in [3.05, 3.63) is 23.2 Å². The first-order valence-electron chi connectivity index (χ1n) is 5.19. The number of nitrogens with zero attached hydrogens (tertiary/aromatic N) is 1. The van der Waals surface area contributed by atoms with Gasteiger partial charge in [-0.15, -0.1) is 11.3 Å². The molecule has 0 aliphatic rings. The normalized spacial score (nSPS) is 12.0. The summed E-state index contributed by atoms with van der Waals surface area (Å²) >= 11 is 1.62. The summed E-state index contributed by atoms with van der Waals surface area (Å²) in [6.07, 6.45) is 0.781. The van der Waals surface area contributed by atoms with Crippen molar-refractivity contribution >= 4 is 21.6 Å². The molecule has 0 atom stereocenters. The van der Waals surface area contributed by atoms with Gasteiger partial charge in [-0.3, -0.25) is 0 Å². The van der Waals surface area contributed by atoms with E-state index in [0.717, 1.165) is 28.0 Å². The number of hydrogen-bond acceptors (Lipinski definition) is 4. The third-order valence-corrected chi connectivity index (χ3v) is 3.18. The van der Waals surface area contributed by atoms with Crippen LogP contribution in [0.15, 0.2) is 17.6 Å². The Labute approximate surface area is 99.3 Å². The highest BCUT2D eigenvalue weighted by Gasteiger charge is 2.17. The van der Waals surface area contributed by atoms with Crippen LogP contribution in [-0.4, -0.2) is 17.6 Å². The Morgan fingerprint density at radius 3 is 2.81 bits per heavy atom. The van der Waals surface area contributed by atoms with Crippen LogP contribution in [0.3, 0.4) is 0 Å². The van der Waals surface area contributed by atoms with Crippen molar-refractivity contribution in [2.75, 3.05) is 7.11 Å².